The fourth-order valence-corrected chi connectivity index (χ4v) is 5.34. The molecule has 4 aromatic heterocycles. The molecule has 4 N–H and O–H groups in total. The summed E-state index contributed by atoms with van der Waals surface area (Å²) in [6.45, 7) is 3.62. The number of nitrogens with two attached hydrogens (primary N) is 1. The van der Waals surface area contributed by atoms with E-state index < -0.39 is 11.1 Å². The second kappa shape index (κ2) is 9.09. The zero-order valence-corrected chi connectivity index (χ0v) is 22.0. The van der Waals surface area contributed by atoms with Crippen molar-refractivity contribution in [2.24, 2.45) is 0 Å². The molecular weight excluding hydrogens is 500 g/mol. The van der Waals surface area contributed by atoms with Gasteiger partial charge in [-0.25, -0.2) is 9.67 Å². The Bertz CT molecular complexity index is 1660. The zero-order chi connectivity index (χ0) is 27.4. The number of nitrogens with zero attached hydrogens (tertiary/aromatic N) is 6. The first kappa shape index (κ1) is 24.9. The Balaban J connectivity index is 1.50. The standard InChI is InChI=1S/C27H30N8O4/c1-26(37)12-10-16(11-13-26)30-24(36)27(2,18-7-4-5-8-19(18)38-3)35-23-17(15-29-35)22-31-21(20-9-6-14-39-20)33-34(22)25(28)32-23/h4-9,14-16,37H,10-13H2,1-3H3,(H2,28,32)(H,30,36)/t16-,26+,27?. The minimum absolute atomic E-state index is 0.0850. The highest BCUT2D eigenvalue weighted by molar-refractivity contribution is 5.94. The van der Waals surface area contributed by atoms with E-state index in [1.54, 1.807) is 49.4 Å². The Hall–Kier alpha value is -4.45. The van der Waals surface area contributed by atoms with Crippen molar-refractivity contribution in [2.75, 3.05) is 12.8 Å². The molecule has 1 unspecified atom stereocenters. The Morgan fingerprint density at radius 3 is 2.69 bits per heavy atom. The third kappa shape index (κ3) is 4.07. The topological polar surface area (TPSA) is 159 Å². The first-order valence-electron chi connectivity index (χ1n) is 12.8. The summed E-state index contributed by atoms with van der Waals surface area (Å²) in [5.41, 5.74) is 5.67. The number of fused-ring (bicyclic) bond motifs is 3. The number of rotatable bonds is 6. The van der Waals surface area contributed by atoms with Crippen LogP contribution in [-0.2, 0) is 10.3 Å². The summed E-state index contributed by atoms with van der Waals surface area (Å²) in [5.74, 6) is 1.18. The number of carbonyl (C=O) groups is 1. The minimum atomic E-state index is -1.37. The summed E-state index contributed by atoms with van der Waals surface area (Å²) in [7, 11) is 1.56. The van der Waals surface area contributed by atoms with E-state index in [0.717, 1.165) is 0 Å². The van der Waals surface area contributed by atoms with Gasteiger partial charge < -0.3 is 25.3 Å². The molecule has 1 saturated carbocycles. The van der Waals surface area contributed by atoms with Gasteiger partial charge in [0.25, 0.3) is 5.91 Å². The van der Waals surface area contributed by atoms with Gasteiger partial charge in [0, 0.05) is 11.6 Å². The van der Waals surface area contributed by atoms with Crippen molar-refractivity contribution in [1.29, 1.82) is 0 Å². The predicted molar refractivity (Wildman–Crippen MR) is 143 cm³/mol. The maximum absolute atomic E-state index is 14.2. The van der Waals surface area contributed by atoms with Gasteiger partial charge in [-0.3, -0.25) is 4.79 Å². The number of furan rings is 1. The van der Waals surface area contributed by atoms with E-state index in [1.165, 1.54) is 4.52 Å². The Labute approximate surface area is 223 Å². The summed E-state index contributed by atoms with van der Waals surface area (Å²) in [4.78, 5) is 23.5. The molecule has 12 nitrogen and oxygen atoms in total. The van der Waals surface area contributed by atoms with Gasteiger partial charge in [-0.1, -0.05) is 18.2 Å². The van der Waals surface area contributed by atoms with Crippen LogP contribution in [0.4, 0.5) is 5.95 Å². The van der Waals surface area contributed by atoms with Crippen LogP contribution in [0.5, 0.6) is 5.75 Å². The first-order valence-corrected chi connectivity index (χ1v) is 12.8. The largest absolute Gasteiger partial charge is 0.496 e. The molecule has 12 heteroatoms. The van der Waals surface area contributed by atoms with E-state index in [-0.39, 0.29) is 17.9 Å². The van der Waals surface area contributed by atoms with Gasteiger partial charge in [0.05, 0.1) is 30.6 Å². The number of nitrogens with one attached hydrogen (secondary N) is 1. The molecule has 0 bridgehead atoms. The molecule has 0 spiro atoms. The first-order chi connectivity index (χ1) is 18.7. The Morgan fingerprint density at radius 2 is 1.97 bits per heavy atom. The highest BCUT2D eigenvalue weighted by Crippen LogP contribution is 2.37. The molecule has 1 atom stereocenters. The lowest BCUT2D eigenvalue weighted by atomic mass is 9.83. The van der Waals surface area contributed by atoms with E-state index in [4.69, 9.17) is 14.9 Å². The normalized spacial score (nSPS) is 21.2. The maximum Gasteiger partial charge on any atom is 0.252 e. The van der Waals surface area contributed by atoms with Crippen LogP contribution in [0.2, 0.25) is 0 Å². The van der Waals surface area contributed by atoms with Gasteiger partial charge in [0.15, 0.2) is 22.6 Å². The number of para-hydroxylation sites is 1. The summed E-state index contributed by atoms with van der Waals surface area (Å²) in [6.07, 6.45) is 5.70. The van der Waals surface area contributed by atoms with Crippen molar-refractivity contribution >= 4 is 28.5 Å². The van der Waals surface area contributed by atoms with Gasteiger partial charge in [-0.05, 0) is 57.7 Å². The van der Waals surface area contributed by atoms with Crippen LogP contribution >= 0.6 is 0 Å². The van der Waals surface area contributed by atoms with Crippen LogP contribution in [0.15, 0.2) is 53.3 Å². The van der Waals surface area contributed by atoms with Gasteiger partial charge in [-0.2, -0.15) is 14.6 Å². The lowest BCUT2D eigenvalue weighted by molar-refractivity contribution is -0.129. The number of hydrogen-bond acceptors (Lipinski definition) is 9. The third-order valence-corrected chi connectivity index (χ3v) is 7.67. The molecule has 6 rings (SSSR count). The second-order valence-electron chi connectivity index (χ2n) is 10.4. The number of hydrogen-bond donors (Lipinski definition) is 3. The van der Waals surface area contributed by atoms with E-state index in [2.05, 4.69) is 25.5 Å². The summed E-state index contributed by atoms with van der Waals surface area (Å²) >= 11 is 0. The van der Waals surface area contributed by atoms with E-state index in [0.29, 0.717) is 65.3 Å². The number of benzene rings is 1. The van der Waals surface area contributed by atoms with Crippen molar-refractivity contribution in [2.45, 2.75) is 56.7 Å². The predicted octanol–water partition coefficient (Wildman–Crippen LogP) is 2.90. The van der Waals surface area contributed by atoms with E-state index >= 15 is 0 Å². The van der Waals surface area contributed by atoms with Crippen molar-refractivity contribution in [3.05, 3.63) is 54.4 Å². The monoisotopic (exact) mass is 530 g/mol. The van der Waals surface area contributed by atoms with Crippen LogP contribution < -0.4 is 15.8 Å². The average molecular weight is 531 g/mol. The van der Waals surface area contributed by atoms with E-state index in [9.17, 15) is 9.90 Å². The van der Waals surface area contributed by atoms with Crippen LogP contribution in [0, 0.1) is 0 Å². The van der Waals surface area contributed by atoms with Gasteiger partial charge in [-0.15, -0.1) is 5.10 Å². The van der Waals surface area contributed by atoms with Gasteiger partial charge >= 0.3 is 0 Å². The van der Waals surface area contributed by atoms with Crippen LogP contribution in [0.3, 0.4) is 0 Å². The molecule has 0 aliphatic heterocycles. The number of aliphatic hydroxyl groups is 1. The summed E-state index contributed by atoms with van der Waals surface area (Å²) in [6, 6.07) is 10.8. The number of carbonyl (C=O) groups excluding carboxylic acids is 1. The molecule has 39 heavy (non-hydrogen) atoms. The van der Waals surface area contributed by atoms with Crippen molar-refractivity contribution in [3.8, 4) is 17.3 Å². The van der Waals surface area contributed by atoms with Crippen molar-refractivity contribution in [3.63, 3.8) is 0 Å². The van der Waals surface area contributed by atoms with Crippen LogP contribution in [-0.4, -0.2) is 59.1 Å². The maximum atomic E-state index is 14.2. The SMILES string of the molecule is COc1ccccc1C(C)(C(=O)N[C@H]1CC[C@@](C)(O)CC1)n1ncc2c1nc(N)n1nc(-c3ccco3)nc21. The molecule has 1 aliphatic carbocycles. The van der Waals surface area contributed by atoms with E-state index in [1.807, 2.05) is 25.1 Å². The molecule has 1 fully saturated rings. The molecule has 4 heterocycles. The van der Waals surface area contributed by atoms with Crippen LogP contribution in [0.1, 0.15) is 45.1 Å². The lowest BCUT2D eigenvalue weighted by Crippen LogP contribution is -2.52. The molecule has 1 aliphatic rings. The number of anilines is 1. The summed E-state index contributed by atoms with van der Waals surface area (Å²) in [5, 5.41) is 23.3. The smallest absolute Gasteiger partial charge is 0.252 e. The molecule has 1 amide bonds. The van der Waals surface area contributed by atoms with Crippen molar-refractivity contribution < 1.29 is 19.1 Å². The number of amides is 1. The molecule has 0 saturated heterocycles. The van der Waals surface area contributed by atoms with Gasteiger partial charge in [0.1, 0.15) is 5.75 Å². The minimum Gasteiger partial charge on any atom is -0.496 e. The van der Waals surface area contributed by atoms with Crippen molar-refractivity contribution in [1.82, 2.24) is 34.7 Å². The molecule has 5 aromatic rings. The highest BCUT2D eigenvalue weighted by Gasteiger charge is 2.43. The Morgan fingerprint density at radius 1 is 1.21 bits per heavy atom. The molecule has 202 valence electrons. The number of ether oxygens (including phenoxy) is 1. The quantitative estimate of drug-likeness (QED) is 0.300. The number of methoxy groups -OCH3 is 1. The average Bonchev–Trinajstić information content (AvgIpc) is 3.69. The molecule has 1 aromatic carbocycles. The fourth-order valence-electron chi connectivity index (χ4n) is 5.34. The van der Waals surface area contributed by atoms with Crippen LogP contribution in [0.25, 0.3) is 28.3 Å². The molecule has 0 radical (unpaired) electrons. The lowest BCUT2D eigenvalue weighted by Gasteiger charge is -2.36. The highest BCUT2D eigenvalue weighted by atomic mass is 16.5. The van der Waals surface area contributed by atoms with Gasteiger partial charge in [0.2, 0.25) is 11.8 Å². The zero-order valence-electron chi connectivity index (χ0n) is 22.0. The second-order valence-corrected chi connectivity index (χ2v) is 10.4. The molecular formula is C27H30N8O4. The number of aromatic nitrogens is 6. The Kier molecular flexibility index (Phi) is 5.79. The fraction of sp³-hybridized carbons (Fsp3) is 0.370. The summed E-state index contributed by atoms with van der Waals surface area (Å²) < 4.78 is 14.1. The third-order valence-electron chi connectivity index (χ3n) is 7.67. The number of nitrogen functional groups attached to an aromatic ring is 1.